The normalized spacial score (nSPS) is 12.4. The summed E-state index contributed by atoms with van der Waals surface area (Å²) in [7, 11) is 0. The Hall–Kier alpha value is -2.46. The summed E-state index contributed by atoms with van der Waals surface area (Å²) < 4.78 is 2.39. The van der Waals surface area contributed by atoms with Gasteiger partial charge in [-0.05, 0) is 6.07 Å². The number of hydrogen-bond donors (Lipinski definition) is 0. The van der Waals surface area contributed by atoms with Crippen LogP contribution >= 0.6 is 11.3 Å². The van der Waals surface area contributed by atoms with Crippen LogP contribution in [0, 0.1) is 27.9 Å². The van der Waals surface area contributed by atoms with E-state index in [0.717, 1.165) is 5.52 Å². The molecule has 0 unspecified atom stereocenters. The zero-order valence-corrected chi connectivity index (χ0v) is 13.3. The Bertz CT molecular complexity index is 863. The average molecular weight is 317 g/mol. The summed E-state index contributed by atoms with van der Waals surface area (Å²) in [6, 6.07) is 4.51. The lowest BCUT2D eigenvalue weighted by molar-refractivity contribution is -0.384. The van der Waals surface area contributed by atoms with Gasteiger partial charge in [0.15, 0.2) is 4.80 Å². The van der Waals surface area contributed by atoms with Gasteiger partial charge in [0.25, 0.3) is 11.6 Å². The Morgan fingerprint density at radius 2 is 2.18 bits per heavy atom. The van der Waals surface area contributed by atoms with Crippen LogP contribution in [0.4, 0.5) is 5.69 Å². The Kier molecular flexibility index (Phi) is 4.15. The predicted molar refractivity (Wildman–Crippen MR) is 85.3 cm³/mol. The van der Waals surface area contributed by atoms with Crippen molar-refractivity contribution in [1.29, 1.82) is 0 Å². The largest absolute Gasteiger partial charge is 0.305 e. The van der Waals surface area contributed by atoms with Crippen LogP contribution in [-0.4, -0.2) is 15.4 Å². The molecule has 1 aromatic carbocycles. The molecule has 0 saturated carbocycles. The maximum absolute atomic E-state index is 12.1. The van der Waals surface area contributed by atoms with E-state index >= 15 is 0 Å². The minimum Gasteiger partial charge on any atom is -0.305 e. The second-order valence-electron chi connectivity index (χ2n) is 5.75. The summed E-state index contributed by atoms with van der Waals surface area (Å²) in [6.45, 7) is 5.58. The van der Waals surface area contributed by atoms with Gasteiger partial charge in [0.1, 0.15) is 0 Å². The van der Waals surface area contributed by atoms with Gasteiger partial charge in [-0.15, -0.1) is 6.42 Å². The molecule has 0 aliphatic carbocycles. The van der Waals surface area contributed by atoms with Gasteiger partial charge < -0.3 is 4.57 Å². The molecule has 0 aliphatic heterocycles. The Labute approximate surface area is 131 Å². The van der Waals surface area contributed by atoms with Gasteiger partial charge in [0, 0.05) is 17.5 Å². The van der Waals surface area contributed by atoms with Crippen LogP contribution in [0.15, 0.2) is 23.2 Å². The summed E-state index contributed by atoms with van der Waals surface area (Å²) in [6.07, 6.45) is 5.37. The highest BCUT2D eigenvalue weighted by Gasteiger charge is 2.21. The minimum atomic E-state index is -0.601. The number of fused-ring (bicyclic) bond motifs is 1. The third kappa shape index (κ3) is 3.07. The lowest BCUT2D eigenvalue weighted by Crippen LogP contribution is -2.23. The summed E-state index contributed by atoms with van der Waals surface area (Å²) >= 11 is 1.22. The Morgan fingerprint density at radius 1 is 1.50 bits per heavy atom. The lowest BCUT2D eigenvalue weighted by Gasteiger charge is -2.11. The molecule has 2 aromatic rings. The third-order valence-corrected chi connectivity index (χ3v) is 4.01. The SMILES string of the molecule is C#CCn1c(=NC(=O)C(C)(C)C)sc2cc([N+](=O)[O-])ccc21. The number of carbonyl (C=O) groups is 1. The van der Waals surface area contributed by atoms with Crippen LogP contribution in [0.5, 0.6) is 0 Å². The molecule has 6 nitrogen and oxygen atoms in total. The second kappa shape index (κ2) is 5.73. The van der Waals surface area contributed by atoms with Gasteiger partial charge in [-0.1, -0.05) is 38.0 Å². The van der Waals surface area contributed by atoms with E-state index in [1.807, 2.05) is 0 Å². The van der Waals surface area contributed by atoms with E-state index in [2.05, 4.69) is 10.9 Å². The van der Waals surface area contributed by atoms with Crippen molar-refractivity contribution in [2.45, 2.75) is 27.3 Å². The van der Waals surface area contributed by atoms with E-state index in [1.54, 1.807) is 31.4 Å². The molecule has 1 heterocycles. The fourth-order valence-corrected chi connectivity index (χ4v) is 2.82. The van der Waals surface area contributed by atoms with E-state index in [0.29, 0.717) is 9.50 Å². The van der Waals surface area contributed by atoms with Crippen molar-refractivity contribution in [2.24, 2.45) is 10.4 Å². The van der Waals surface area contributed by atoms with Crippen molar-refractivity contribution in [3.05, 3.63) is 33.1 Å². The van der Waals surface area contributed by atoms with Crippen molar-refractivity contribution in [2.75, 3.05) is 0 Å². The highest BCUT2D eigenvalue weighted by Crippen LogP contribution is 2.23. The summed E-state index contributed by atoms with van der Waals surface area (Å²) in [4.78, 5) is 27.1. The molecule has 0 fully saturated rings. The molecule has 0 atom stereocenters. The molecule has 1 amide bonds. The molecule has 0 spiro atoms. The van der Waals surface area contributed by atoms with Crippen LogP contribution in [0.2, 0.25) is 0 Å². The second-order valence-corrected chi connectivity index (χ2v) is 6.76. The predicted octanol–water partition coefficient (Wildman–Crippen LogP) is 2.72. The molecule has 0 bridgehead atoms. The molecule has 0 aliphatic rings. The number of hydrogen-bond acceptors (Lipinski definition) is 4. The number of nitro benzene ring substituents is 1. The number of benzene rings is 1. The van der Waals surface area contributed by atoms with Crippen LogP contribution in [0.1, 0.15) is 20.8 Å². The molecule has 7 heteroatoms. The van der Waals surface area contributed by atoms with Gasteiger partial charge >= 0.3 is 0 Å². The fraction of sp³-hybridized carbons (Fsp3) is 0.333. The monoisotopic (exact) mass is 317 g/mol. The first-order valence-electron chi connectivity index (χ1n) is 6.54. The van der Waals surface area contributed by atoms with Crippen molar-refractivity contribution >= 4 is 33.1 Å². The number of nitro groups is 1. The van der Waals surface area contributed by atoms with E-state index < -0.39 is 10.3 Å². The first-order valence-corrected chi connectivity index (χ1v) is 7.36. The van der Waals surface area contributed by atoms with Gasteiger partial charge in [-0.2, -0.15) is 4.99 Å². The maximum atomic E-state index is 12.1. The van der Waals surface area contributed by atoms with E-state index in [4.69, 9.17) is 6.42 Å². The molecular formula is C15H15N3O3S. The molecule has 114 valence electrons. The molecule has 0 N–H and O–H groups in total. The zero-order valence-electron chi connectivity index (χ0n) is 12.5. The number of thiazole rings is 1. The summed E-state index contributed by atoms with van der Waals surface area (Å²) in [5, 5.41) is 10.9. The third-order valence-electron chi connectivity index (χ3n) is 2.97. The molecule has 0 radical (unpaired) electrons. The number of non-ortho nitro benzene ring substituents is 1. The number of nitrogens with zero attached hydrogens (tertiary/aromatic N) is 3. The maximum Gasteiger partial charge on any atom is 0.270 e. The average Bonchev–Trinajstić information content (AvgIpc) is 2.75. The van der Waals surface area contributed by atoms with Crippen molar-refractivity contribution in [1.82, 2.24) is 4.57 Å². The number of terminal acetylenes is 1. The van der Waals surface area contributed by atoms with Crippen LogP contribution in [-0.2, 0) is 11.3 Å². The van der Waals surface area contributed by atoms with Crippen molar-refractivity contribution in [3.63, 3.8) is 0 Å². The highest BCUT2D eigenvalue weighted by atomic mass is 32.1. The molecule has 2 rings (SSSR count). The van der Waals surface area contributed by atoms with Crippen LogP contribution in [0.25, 0.3) is 10.2 Å². The van der Waals surface area contributed by atoms with Crippen LogP contribution in [0.3, 0.4) is 0 Å². The fourth-order valence-electron chi connectivity index (χ4n) is 1.76. The molecular weight excluding hydrogens is 302 g/mol. The number of aromatic nitrogens is 1. The van der Waals surface area contributed by atoms with Gasteiger partial charge in [-0.25, -0.2) is 0 Å². The van der Waals surface area contributed by atoms with Crippen LogP contribution < -0.4 is 4.80 Å². The Morgan fingerprint density at radius 3 is 2.73 bits per heavy atom. The summed E-state index contributed by atoms with van der Waals surface area (Å²) in [5.74, 6) is 2.25. The smallest absolute Gasteiger partial charge is 0.270 e. The topological polar surface area (TPSA) is 77.5 Å². The van der Waals surface area contributed by atoms with Gasteiger partial charge in [0.05, 0.1) is 21.7 Å². The van der Waals surface area contributed by atoms with E-state index in [-0.39, 0.29) is 18.1 Å². The standard InChI is InChI=1S/C15H15N3O3S/c1-5-8-17-11-7-6-10(18(20)21)9-12(11)22-14(17)16-13(19)15(2,3)4/h1,6-7,9H,8H2,2-4H3. The van der Waals surface area contributed by atoms with Crippen molar-refractivity contribution in [3.8, 4) is 12.3 Å². The molecule has 0 saturated heterocycles. The Balaban J connectivity index is 2.71. The van der Waals surface area contributed by atoms with Gasteiger partial charge in [0.2, 0.25) is 0 Å². The van der Waals surface area contributed by atoms with E-state index in [9.17, 15) is 14.9 Å². The number of carbonyl (C=O) groups excluding carboxylic acids is 1. The van der Waals surface area contributed by atoms with E-state index in [1.165, 1.54) is 23.5 Å². The minimum absolute atomic E-state index is 0.00435. The zero-order chi connectivity index (χ0) is 16.5. The first kappa shape index (κ1) is 15.9. The first-order chi connectivity index (χ1) is 10.2. The van der Waals surface area contributed by atoms with Gasteiger partial charge in [-0.3, -0.25) is 14.9 Å². The quantitative estimate of drug-likeness (QED) is 0.485. The molecule has 22 heavy (non-hydrogen) atoms. The van der Waals surface area contributed by atoms with Crippen molar-refractivity contribution < 1.29 is 9.72 Å². The molecule has 1 aromatic heterocycles. The summed E-state index contributed by atoms with van der Waals surface area (Å²) in [5.41, 5.74) is 0.125. The highest BCUT2D eigenvalue weighted by molar-refractivity contribution is 7.16. The lowest BCUT2D eigenvalue weighted by atomic mass is 9.96. The number of rotatable bonds is 2. The number of amides is 1.